The third-order valence-electron chi connectivity index (χ3n) is 3.93. The largest absolute Gasteiger partial charge is 0.437 e. The van der Waals surface area contributed by atoms with Gasteiger partial charge in [0.1, 0.15) is 0 Å². The fourth-order valence-electron chi connectivity index (χ4n) is 2.63. The number of amides is 1. The highest BCUT2D eigenvalue weighted by atomic mass is 16.5. The highest BCUT2D eigenvalue weighted by molar-refractivity contribution is 6.71. The highest BCUT2D eigenvalue weighted by Gasteiger charge is 2.31. The van der Waals surface area contributed by atoms with Gasteiger partial charge in [0.15, 0.2) is 17.3 Å². The second kappa shape index (κ2) is 5.86. The van der Waals surface area contributed by atoms with Gasteiger partial charge in [-0.1, -0.05) is 18.2 Å². The number of carbonyl (C=O) groups excluding carboxylic acids is 1. The maximum Gasteiger partial charge on any atom is 0.300 e. The molecule has 124 valence electrons. The number of para-hydroxylation sites is 2. The van der Waals surface area contributed by atoms with Crippen LogP contribution in [0.2, 0.25) is 0 Å². The van der Waals surface area contributed by atoms with Crippen molar-refractivity contribution in [3.63, 3.8) is 0 Å². The molecule has 1 aromatic heterocycles. The number of aromatic nitrogens is 1. The van der Waals surface area contributed by atoms with Crippen molar-refractivity contribution in [3.05, 3.63) is 60.7 Å². The van der Waals surface area contributed by atoms with E-state index in [2.05, 4.69) is 15.1 Å². The van der Waals surface area contributed by atoms with E-state index in [1.54, 1.807) is 31.3 Å². The molecule has 2 aliphatic heterocycles. The fourth-order valence-corrected chi connectivity index (χ4v) is 2.63. The van der Waals surface area contributed by atoms with Crippen molar-refractivity contribution in [2.24, 2.45) is 10.1 Å². The van der Waals surface area contributed by atoms with E-state index in [0.717, 1.165) is 11.4 Å². The SMILES string of the molecule is CC1=NN(c2ccccn2)C(=O)/C1=N/C=C1Oc2ccccc2N1C. The van der Waals surface area contributed by atoms with Crippen molar-refractivity contribution in [2.75, 3.05) is 17.0 Å². The van der Waals surface area contributed by atoms with Crippen LogP contribution in [0.25, 0.3) is 0 Å². The van der Waals surface area contributed by atoms with Gasteiger partial charge in [0.25, 0.3) is 0 Å². The van der Waals surface area contributed by atoms with Gasteiger partial charge in [-0.05, 0) is 31.2 Å². The molecule has 7 nitrogen and oxygen atoms in total. The number of hydrogen-bond acceptors (Lipinski definition) is 6. The topological polar surface area (TPSA) is 70.4 Å². The summed E-state index contributed by atoms with van der Waals surface area (Å²) in [5, 5.41) is 5.50. The predicted octanol–water partition coefficient (Wildman–Crippen LogP) is 2.57. The van der Waals surface area contributed by atoms with Gasteiger partial charge >= 0.3 is 5.91 Å². The van der Waals surface area contributed by atoms with E-state index in [1.807, 2.05) is 36.2 Å². The molecule has 0 radical (unpaired) electrons. The van der Waals surface area contributed by atoms with Gasteiger partial charge in [0, 0.05) is 13.2 Å². The maximum absolute atomic E-state index is 12.6. The van der Waals surface area contributed by atoms with Gasteiger partial charge in [0.05, 0.1) is 17.6 Å². The monoisotopic (exact) mass is 333 g/mol. The lowest BCUT2D eigenvalue weighted by molar-refractivity contribution is -0.112. The molecule has 3 heterocycles. The molecule has 0 aliphatic carbocycles. The lowest BCUT2D eigenvalue weighted by Gasteiger charge is -2.10. The van der Waals surface area contributed by atoms with Crippen molar-refractivity contribution >= 4 is 28.8 Å². The van der Waals surface area contributed by atoms with Gasteiger partial charge < -0.3 is 9.64 Å². The molecule has 0 fully saturated rings. The minimum atomic E-state index is -0.314. The number of pyridine rings is 1. The van der Waals surface area contributed by atoms with Crippen LogP contribution in [0.5, 0.6) is 5.75 Å². The number of ether oxygens (including phenoxy) is 1. The first-order valence-electron chi connectivity index (χ1n) is 7.75. The van der Waals surface area contributed by atoms with E-state index in [4.69, 9.17) is 4.74 Å². The van der Waals surface area contributed by atoms with Crippen LogP contribution in [-0.4, -0.2) is 29.4 Å². The number of anilines is 2. The van der Waals surface area contributed by atoms with E-state index in [9.17, 15) is 4.79 Å². The van der Waals surface area contributed by atoms with Crippen LogP contribution >= 0.6 is 0 Å². The predicted molar refractivity (Wildman–Crippen MR) is 95.8 cm³/mol. The third-order valence-corrected chi connectivity index (χ3v) is 3.93. The van der Waals surface area contributed by atoms with Crippen molar-refractivity contribution in [1.29, 1.82) is 0 Å². The Morgan fingerprint density at radius 1 is 1.16 bits per heavy atom. The van der Waals surface area contributed by atoms with E-state index < -0.39 is 0 Å². The Kier molecular flexibility index (Phi) is 3.53. The van der Waals surface area contributed by atoms with Crippen LogP contribution in [-0.2, 0) is 4.79 Å². The standard InChI is InChI=1S/C18H15N5O2/c1-12-17(18(24)23(21-12)15-9-5-6-10-19-15)20-11-16-22(2)13-7-3-4-8-14(13)25-16/h3-11H,1-2H3/b16-11?,20-17+. The Morgan fingerprint density at radius 2 is 1.96 bits per heavy atom. The first kappa shape index (κ1) is 15.1. The van der Waals surface area contributed by atoms with Crippen molar-refractivity contribution in [3.8, 4) is 5.75 Å². The quantitative estimate of drug-likeness (QED) is 0.847. The first-order chi connectivity index (χ1) is 12.1. The highest BCUT2D eigenvalue weighted by Crippen LogP contribution is 2.37. The molecule has 2 aliphatic rings. The molecule has 1 amide bonds. The second-order valence-electron chi connectivity index (χ2n) is 5.56. The summed E-state index contributed by atoms with van der Waals surface area (Å²) >= 11 is 0. The number of hydrogen-bond donors (Lipinski definition) is 0. The molecule has 4 rings (SSSR count). The Hall–Kier alpha value is -3.48. The number of rotatable bonds is 2. The zero-order chi connectivity index (χ0) is 17.4. The Bertz CT molecular complexity index is 933. The summed E-state index contributed by atoms with van der Waals surface area (Å²) in [4.78, 5) is 22.9. The van der Waals surface area contributed by atoms with Crippen molar-refractivity contribution in [2.45, 2.75) is 6.92 Å². The molecule has 0 bridgehead atoms. The fraction of sp³-hybridized carbons (Fsp3) is 0.111. The van der Waals surface area contributed by atoms with Crippen LogP contribution in [0.15, 0.2) is 70.8 Å². The molecule has 0 saturated heterocycles. The summed E-state index contributed by atoms with van der Waals surface area (Å²) in [6.07, 6.45) is 3.15. The van der Waals surface area contributed by atoms with Crippen LogP contribution in [0.4, 0.5) is 11.5 Å². The van der Waals surface area contributed by atoms with Gasteiger partial charge in [-0.15, -0.1) is 0 Å². The molecule has 2 aromatic rings. The second-order valence-corrected chi connectivity index (χ2v) is 5.56. The number of fused-ring (bicyclic) bond motifs is 1. The average molecular weight is 333 g/mol. The van der Waals surface area contributed by atoms with Gasteiger partial charge in [0.2, 0.25) is 5.88 Å². The summed E-state index contributed by atoms with van der Waals surface area (Å²) in [6, 6.07) is 13.0. The van der Waals surface area contributed by atoms with Crippen LogP contribution < -0.4 is 14.6 Å². The molecular formula is C18H15N5O2. The summed E-state index contributed by atoms with van der Waals surface area (Å²) < 4.78 is 5.76. The smallest absolute Gasteiger partial charge is 0.300 e. The minimum absolute atomic E-state index is 0.270. The maximum atomic E-state index is 12.6. The Labute approximate surface area is 144 Å². The average Bonchev–Trinajstić information content (AvgIpc) is 3.11. The summed E-state index contributed by atoms with van der Waals surface area (Å²) in [5.41, 5.74) is 1.75. The van der Waals surface area contributed by atoms with Gasteiger partial charge in [-0.25, -0.2) is 9.98 Å². The van der Waals surface area contributed by atoms with Crippen molar-refractivity contribution < 1.29 is 9.53 Å². The molecule has 0 spiro atoms. The molecule has 0 atom stereocenters. The summed E-state index contributed by atoms with van der Waals surface area (Å²) in [5.74, 6) is 1.46. The van der Waals surface area contributed by atoms with E-state index >= 15 is 0 Å². The summed E-state index contributed by atoms with van der Waals surface area (Å²) in [6.45, 7) is 1.74. The number of nitrogens with zero attached hydrogens (tertiary/aromatic N) is 5. The Morgan fingerprint density at radius 3 is 2.72 bits per heavy atom. The molecule has 0 saturated carbocycles. The number of carbonyl (C=O) groups is 1. The van der Waals surface area contributed by atoms with Gasteiger partial charge in [-0.2, -0.15) is 10.1 Å². The van der Waals surface area contributed by atoms with Crippen LogP contribution in [0.1, 0.15) is 6.92 Å². The normalized spacial score (nSPS) is 19.4. The molecule has 7 heteroatoms. The minimum Gasteiger partial charge on any atom is -0.437 e. The number of benzene rings is 1. The van der Waals surface area contributed by atoms with E-state index in [0.29, 0.717) is 17.4 Å². The van der Waals surface area contributed by atoms with Crippen LogP contribution in [0, 0.1) is 0 Å². The first-order valence-corrected chi connectivity index (χ1v) is 7.75. The molecular weight excluding hydrogens is 318 g/mol. The molecule has 25 heavy (non-hydrogen) atoms. The lowest BCUT2D eigenvalue weighted by Crippen LogP contribution is -2.27. The molecule has 0 N–H and O–H groups in total. The van der Waals surface area contributed by atoms with E-state index in [-0.39, 0.29) is 11.6 Å². The zero-order valence-corrected chi connectivity index (χ0v) is 13.7. The molecule has 1 aromatic carbocycles. The van der Waals surface area contributed by atoms with E-state index in [1.165, 1.54) is 11.2 Å². The molecule has 0 unspecified atom stereocenters. The van der Waals surface area contributed by atoms with Crippen molar-refractivity contribution in [1.82, 2.24) is 4.98 Å². The number of hydrazone groups is 1. The Balaban J connectivity index is 1.61. The third kappa shape index (κ3) is 2.55. The lowest BCUT2D eigenvalue weighted by atomic mass is 10.2. The zero-order valence-electron chi connectivity index (χ0n) is 13.7. The van der Waals surface area contributed by atoms with Crippen LogP contribution in [0.3, 0.4) is 0 Å². The summed E-state index contributed by atoms with van der Waals surface area (Å²) in [7, 11) is 1.88. The van der Waals surface area contributed by atoms with Gasteiger partial charge in [-0.3, -0.25) is 4.79 Å². The number of aliphatic imine (C=N–C) groups is 1.